The van der Waals surface area contributed by atoms with Crippen LogP contribution in [0.25, 0.3) is 66.1 Å². The van der Waals surface area contributed by atoms with Crippen LogP contribution in [0.2, 0.25) is 0 Å². The largest absolute Gasteiger partial charge is 0.496 e. The second-order valence-electron chi connectivity index (χ2n) is 17.1. The number of benzene rings is 2. The van der Waals surface area contributed by atoms with E-state index in [0.717, 1.165) is 29.8 Å². The molecule has 0 spiro atoms. The summed E-state index contributed by atoms with van der Waals surface area (Å²) in [5.41, 5.74) is 7.50. The van der Waals surface area contributed by atoms with Crippen LogP contribution < -0.4 is 31.3 Å². The highest BCUT2D eigenvalue weighted by Crippen LogP contribution is 2.41. The predicted molar refractivity (Wildman–Crippen MR) is 264 cm³/mol. The number of rotatable bonds is 14. The summed E-state index contributed by atoms with van der Waals surface area (Å²) in [6.07, 6.45) is 6.41. The lowest BCUT2D eigenvalue weighted by Crippen LogP contribution is -2.44. The lowest BCUT2D eigenvalue weighted by Gasteiger charge is -2.15. The molecular weight excluding hydrogens is 907 g/mol. The number of aryl methyl sites for hydroxylation is 4. The molecule has 2 aromatic carbocycles. The number of aromatic nitrogens is 10. The number of nitrogens with one attached hydrogen (secondary N) is 2. The Morgan fingerprint density at radius 1 is 0.634 bits per heavy atom. The van der Waals surface area contributed by atoms with Crippen molar-refractivity contribution < 1.29 is 28.1 Å². The lowest BCUT2D eigenvalue weighted by atomic mass is 10.00. The van der Waals surface area contributed by atoms with Crippen LogP contribution in [0.4, 0.5) is 0 Å². The van der Waals surface area contributed by atoms with Gasteiger partial charge in [-0.25, -0.2) is 9.59 Å². The molecule has 8 aromatic heterocycles. The number of fused-ring (bicyclic) bond motifs is 6. The van der Waals surface area contributed by atoms with Gasteiger partial charge in [-0.05, 0) is 90.1 Å². The van der Waals surface area contributed by atoms with Crippen molar-refractivity contribution in [3.63, 3.8) is 0 Å². The summed E-state index contributed by atoms with van der Waals surface area (Å²) >= 11 is 0. The molecule has 10 aromatic rings. The number of ether oxygens (including phenoxy) is 2. The van der Waals surface area contributed by atoms with Gasteiger partial charge < -0.3 is 29.0 Å². The fourth-order valence-electron chi connectivity index (χ4n) is 9.52. The monoisotopic (exact) mass is 953 g/mol. The third-order valence-electron chi connectivity index (χ3n) is 12.9. The fourth-order valence-corrected chi connectivity index (χ4v) is 9.52. The normalized spacial score (nSPS) is 12.5. The number of amides is 2. The van der Waals surface area contributed by atoms with Crippen molar-refractivity contribution in [2.45, 2.75) is 66.7 Å². The van der Waals surface area contributed by atoms with Crippen molar-refractivity contribution in [1.29, 1.82) is 0 Å². The summed E-state index contributed by atoms with van der Waals surface area (Å²) in [4.78, 5) is 75.2. The summed E-state index contributed by atoms with van der Waals surface area (Å²) in [5, 5.41) is 14.6. The van der Waals surface area contributed by atoms with Gasteiger partial charge in [0.2, 0.25) is 11.8 Å². The van der Waals surface area contributed by atoms with Gasteiger partial charge in [0.1, 0.15) is 36.1 Å². The molecule has 0 bridgehead atoms. The van der Waals surface area contributed by atoms with E-state index >= 15 is 0 Å². The zero-order chi connectivity index (χ0) is 49.8. The highest BCUT2D eigenvalue weighted by atomic mass is 16.5. The van der Waals surface area contributed by atoms with Crippen molar-refractivity contribution in [3.05, 3.63) is 141 Å². The summed E-state index contributed by atoms with van der Waals surface area (Å²) in [6, 6.07) is 17.1. The van der Waals surface area contributed by atoms with Crippen LogP contribution in [0.5, 0.6) is 11.5 Å². The molecule has 2 atom stereocenters. The first-order valence-electron chi connectivity index (χ1n) is 22.6. The van der Waals surface area contributed by atoms with E-state index in [1.54, 1.807) is 60.3 Å². The zero-order valence-corrected chi connectivity index (χ0v) is 40.0. The SMILES string of the molecule is COc1cc2c(cc1-c1c(C)noc1C)ncc1c2n([C@H](C)c2ccccn2)c(=O)n1CC(=O)N[B]NC(=O)Cn1c(=O)n([C@H](C)c2ccccn2)c2c3cc(OC)c(-c4c(C)noc4C)cc3ncc21. The van der Waals surface area contributed by atoms with Crippen LogP contribution in [0, 0.1) is 27.7 Å². The van der Waals surface area contributed by atoms with E-state index in [0.29, 0.717) is 89.7 Å². The average molecular weight is 954 g/mol. The number of carbonyl (C=O) groups excluding carboxylic acids is 2. The molecule has 0 fully saturated rings. The van der Waals surface area contributed by atoms with Gasteiger partial charge in [-0.1, -0.05) is 22.4 Å². The van der Waals surface area contributed by atoms with E-state index in [4.69, 9.17) is 28.5 Å². The Morgan fingerprint density at radius 2 is 1.06 bits per heavy atom. The Labute approximate surface area is 404 Å². The second kappa shape index (κ2) is 18.2. The van der Waals surface area contributed by atoms with E-state index in [-0.39, 0.29) is 0 Å². The Morgan fingerprint density at radius 3 is 1.41 bits per heavy atom. The minimum Gasteiger partial charge on any atom is -0.496 e. The number of hydrogen-bond donors (Lipinski definition) is 2. The Balaban J connectivity index is 0.951. The van der Waals surface area contributed by atoms with E-state index < -0.39 is 48.4 Å². The molecule has 71 heavy (non-hydrogen) atoms. The first kappa shape index (κ1) is 45.9. The van der Waals surface area contributed by atoms with Crippen molar-refractivity contribution in [1.82, 2.24) is 59.0 Å². The van der Waals surface area contributed by atoms with E-state index in [1.807, 2.05) is 90.1 Å². The van der Waals surface area contributed by atoms with Crippen molar-refractivity contribution >= 4 is 63.2 Å². The standard InChI is InChI=1S/C50H46BN12O8/c1-25-45(29(5)70-58-25)33-17-37-31(19-41(33)68-7)47-39(21-54-37)60(49(66)62(47)27(3)35-13-9-11-15-52-35)23-43(64)56-51-57-44(65)24-61-40-22-55-38-18-34(46-26(2)59-71-30(46)6)42(69-8)20-32(38)48(40)63(50(61)67)28(4)36-14-10-12-16-53-36/h9-22,27-28H,23-24H2,1-8H3,(H,56,64)(H,57,65)/t27-,28-/m1/s1. The molecule has 0 aliphatic carbocycles. The molecule has 0 aliphatic heterocycles. The number of nitrogens with zero attached hydrogens (tertiary/aromatic N) is 10. The minimum absolute atomic E-state index is 0.381. The molecule has 2 N–H and O–H groups in total. The highest BCUT2D eigenvalue weighted by molar-refractivity contribution is 6.38. The van der Waals surface area contributed by atoms with Crippen LogP contribution in [0.15, 0.2) is 104 Å². The molecule has 357 valence electrons. The summed E-state index contributed by atoms with van der Waals surface area (Å²) < 4.78 is 28.5. The molecule has 10 rings (SSSR count). The van der Waals surface area contributed by atoms with Gasteiger partial charge in [-0.15, -0.1) is 0 Å². The van der Waals surface area contributed by atoms with Crippen molar-refractivity contribution in [2.75, 3.05) is 14.2 Å². The number of hydrogen-bond acceptors (Lipinski definition) is 14. The molecular formula is C50H46BN12O8. The number of methoxy groups -OCH3 is 2. The molecule has 21 heteroatoms. The summed E-state index contributed by atoms with van der Waals surface area (Å²) in [5.74, 6) is 0.977. The zero-order valence-electron chi connectivity index (χ0n) is 40.0. The first-order valence-corrected chi connectivity index (χ1v) is 22.6. The van der Waals surface area contributed by atoms with Crippen molar-refractivity contribution in [3.8, 4) is 33.8 Å². The van der Waals surface area contributed by atoms with E-state index in [1.165, 1.54) is 9.13 Å². The van der Waals surface area contributed by atoms with Gasteiger partial charge in [-0.2, -0.15) is 0 Å². The Bertz CT molecular complexity index is 3570. The number of pyridine rings is 4. The van der Waals surface area contributed by atoms with Gasteiger partial charge in [-0.3, -0.25) is 47.8 Å². The molecule has 0 aliphatic rings. The highest BCUT2D eigenvalue weighted by Gasteiger charge is 2.28. The number of imidazole rings is 2. The lowest BCUT2D eigenvalue weighted by molar-refractivity contribution is -0.120. The smallest absolute Gasteiger partial charge is 0.390 e. The molecule has 20 nitrogen and oxygen atoms in total. The quantitative estimate of drug-likeness (QED) is 0.118. The molecule has 2 amide bonds. The third kappa shape index (κ3) is 7.84. The maximum Gasteiger partial charge on any atom is 0.390 e. The maximum absolute atomic E-state index is 14.6. The minimum atomic E-state index is -0.623. The average Bonchev–Trinajstić information content (AvgIpc) is 4.08. The Hall–Kier alpha value is -8.88. The number of carbonyl (C=O) groups is 2. The maximum atomic E-state index is 14.6. The van der Waals surface area contributed by atoms with E-state index in [9.17, 15) is 19.2 Å². The van der Waals surface area contributed by atoms with Gasteiger partial charge in [0.05, 0.1) is 106 Å². The van der Waals surface area contributed by atoms with Crippen LogP contribution >= 0.6 is 0 Å². The topological polar surface area (TPSA) is 234 Å². The van der Waals surface area contributed by atoms with Gasteiger partial charge >= 0.3 is 18.9 Å². The fraction of sp³-hybridized carbons (Fsp3) is 0.240. The third-order valence-corrected chi connectivity index (χ3v) is 12.9. The van der Waals surface area contributed by atoms with Crippen LogP contribution in [-0.4, -0.2) is 82.1 Å². The second-order valence-corrected chi connectivity index (χ2v) is 17.1. The van der Waals surface area contributed by atoms with E-state index in [2.05, 4.69) is 30.7 Å². The van der Waals surface area contributed by atoms with Crippen molar-refractivity contribution in [2.24, 2.45) is 0 Å². The summed E-state index contributed by atoms with van der Waals surface area (Å²) in [6.45, 7) is 10.1. The molecule has 1 radical (unpaired) electrons. The molecule has 8 heterocycles. The van der Waals surface area contributed by atoms with Gasteiger partial charge in [0, 0.05) is 34.3 Å². The van der Waals surface area contributed by atoms with Crippen LogP contribution in [0.1, 0.15) is 60.2 Å². The van der Waals surface area contributed by atoms with Gasteiger partial charge in [0.15, 0.2) is 0 Å². The Kier molecular flexibility index (Phi) is 11.8. The van der Waals surface area contributed by atoms with Crippen LogP contribution in [-0.2, 0) is 22.7 Å². The molecule has 0 saturated carbocycles. The predicted octanol–water partition coefficient (Wildman–Crippen LogP) is 6.05. The van der Waals surface area contributed by atoms with Gasteiger partial charge in [0.25, 0.3) is 0 Å². The van der Waals surface area contributed by atoms with Crippen LogP contribution in [0.3, 0.4) is 0 Å². The first-order chi connectivity index (χ1) is 34.3. The molecule has 0 unspecified atom stereocenters. The summed E-state index contributed by atoms with van der Waals surface area (Å²) in [7, 11) is 4.19. The molecule has 0 saturated heterocycles.